The van der Waals surface area contributed by atoms with Crippen LogP contribution in [0, 0.1) is 10.1 Å². The summed E-state index contributed by atoms with van der Waals surface area (Å²) in [7, 11) is 3.23. The van der Waals surface area contributed by atoms with Crippen LogP contribution in [-0.4, -0.2) is 38.1 Å². The van der Waals surface area contributed by atoms with Gasteiger partial charge in [0.25, 0.3) is 11.6 Å². The number of anilines is 1. The van der Waals surface area contributed by atoms with E-state index in [2.05, 4.69) is 10.6 Å². The number of nitro benzene ring substituents is 1. The van der Waals surface area contributed by atoms with Crippen LogP contribution in [0.15, 0.2) is 42.5 Å². The van der Waals surface area contributed by atoms with Crippen molar-refractivity contribution in [1.29, 1.82) is 0 Å². The van der Waals surface area contributed by atoms with Crippen molar-refractivity contribution in [2.75, 3.05) is 32.6 Å². The molecule has 0 fully saturated rings. The molecular weight excluding hydrogens is 326 g/mol. The van der Waals surface area contributed by atoms with Gasteiger partial charge in [-0.25, -0.2) is 0 Å². The highest BCUT2D eigenvalue weighted by Gasteiger charge is 2.15. The standard InChI is InChI=1S/C17H19N3O5/c1-18-16-8-3-12(20(22)23)11-15(16)17(21)19-9-10-25-14-6-4-13(24-2)5-7-14/h3-8,11,18H,9-10H2,1-2H3,(H,19,21). The Morgan fingerprint density at radius 2 is 1.84 bits per heavy atom. The minimum absolute atomic E-state index is 0.140. The highest BCUT2D eigenvalue weighted by Crippen LogP contribution is 2.21. The van der Waals surface area contributed by atoms with Gasteiger partial charge in [-0.15, -0.1) is 0 Å². The lowest BCUT2D eigenvalue weighted by molar-refractivity contribution is -0.384. The molecule has 0 aromatic heterocycles. The Kier molecular flexibility index (Phi) is 6.16. The van der Waals surface area contributed by atoms with E-state index in [0.717, 1.165) is 5.75 Å². The number of benzene rings is 2. The lowest BCUT2D eigenvalue weighted by atomic mass is 10.1. The third-order valence-electron chi connectivity index (χ3n) is 3.44. The molecule has 0 saturated heterocycles. The first-order valence-corrected chi connectivity index (χ1v) is 7.56. The molecule has 0 heterocycles. The van der Waals surface area contributed by atoms with Gasteiger partial charge in [0.1, 0.15) is 18.1 Å². The maximum absolute atomic E-state index is 12.2. The molecule has 25 heavy (non-hydrogen) atoms. The average Bonchev–Trinajstić information content (AvgIpc) is 2.64. The molecule has 2 aromatic rings. The van der Waals surface area contributed by atoms with E-state index >= 15 is 0 Å². The van der Waals surface area contributed by atoms with Gasteiger partial charge in [-0.3, -0.25) is 14.9 Å². The summed E-state index contributed by atoms with van der Waals surface area (Å²) in [5.74, 6) is 0.971. The van der Waals surface area contributed by atoms with Crippen LogP contribution in [0.4, 0.5) is 11.4 Å². The molecule has 2 N–H and O–H groups in total. The predicted molar refractivity (Wildman–Crippen MR) is 93.5 cm³/mol. The van der Waals surface area contributed by atoms with Gasteiger partial charge in [0.05, 0.1) is 24.1 Å². The quantitative estimate of drug-likeness (QED) is 0.433. The minimum Gasteiger partial charge on any atom is -0.497 e. The fraction of sp³-hybridized carbons (Fsp3) is 0.235. The van der Waals surface area contributed by atoms with Gasteiger partial charge < -0.3 is 20.1 Å². The van der Waals surface area contributed by atoms with Gasteiger partial charge in [0, 0.05) is 24.9 Å². The first-order valence-electron chi connectivity index (χ1n) is 7.56. The summed E-state index contributed by atoms with van der Waals surface area (Å²) >= 11 is 0. The highest BCUT2D eigenvalue weighted by molar-refractivity contribution is 6.00. The number of carbonyl (C=O) groups excluding carboxylic acids is 1. The number of non-ortho nitro benzene ring substituents is 1. The molecule has 0 saturated carbocycles. The fourth-order valence-electron chi connectivity index (χ4n) is 2.15. The topological polar surface area (TPSA) is 103 Å². The van der Waals surface area contributed by atoms with Crippen LogP contribution in [0.2, 0.25) is 0 Å². The largest absolute Gasteiger partial charge is 0.497 e. The smallest absolute Gasteiger partial charge is 0.270 e. The summed E-state index contributed by atoms with van der Waals surface area (Å²) in [5.41, 5.74) is 0.582. The zero-order chi connectivity index (χ0) is 18.2. The first kappa shape index (κ1) is 18.1. The van der Waals surface area contributed by atoms with Crippen molar-refractivity contribution in [2.45, 2.75) is 0 Å². The molecule has 132 valence electrons. The summed E-state index contributed by atoms with van der Waals surface area (Å²) in [4.78, 5) is 22.6. The van der Waals surface area contributed by atoms with Crippen LogP contribution in [0.5, 0.6) is 11.5 Å². The average molecular weight is 345 g/mol. The number of amides is 1. The summed E-state index contributed by atoms with van der Waals surface area (Å²) in [6.07, 6.45) is 0. The van der Waals surface area contributed by atoms with Crippen molar-refractivity contribution < 1.29 is 19.2 Å². The molecule has 0 atom stereocenters. The Hall–Kier alpha value is -3.29. The Balaban J connectivity index is 1.91. The van der Waals surface area contributed by atoms with E-state index in [1.807, 2.05) is 0 Å². The van der Waals surface area contributed by atoms with Crippen LogP contribution in [0.1, 0.15) is 10.4 Å². The van der Waals surface area contributed by atoms with E-state index in [1.165, 1.54) is 18.2 Å². The minimum atomic E-state index is -0.539. The Bertz CT molecular complexity index is 746. The molecule has 0 unspecified atom stereocenters. The van der Waals surface area contributed by atoms with Crippen LogP contribution >= 0.6 is 0 Å². The molecule has 2 rings (SSSR count). The predicted octanol–water partition coefficient (Wildman–Crippen LogP) is 2.45. The molecule has 0 radical (unpaired) electrons. The van der Waals surface area contributed by atoms with E-state index in [9.17, 15) is 14.9 Å². The van der Waals surface area contributed by atoms with Crippen LogP contribution in [0.3, 0.4) is 0 Å². The van der Waals surface area contributed by atoms with Crippen LogP contribution in [0.25, 0.3) is 0 Å². The van der Waals surface area contributed by atoms with E-state index in [1.54, 1.807) is 38.4 Å². The fourth-order valence-corrected chi connectivity index (χ4v) is 2.15. The number of ether oxygens (including phenoxy) is 2. The van der Waals surface area contributed by atoms with Gasteiger partial charge in [-0.05, 0) is 30.3 Å². The molecule has 0 aliphatic heterocycles. The van der Waals surface area contributed by atoms with Crippen LogP contribution in [-0.2, 0) is 0 Å². The molecule has 1 amide bonds. The summed E-state index contributed by atoms with van der Waals surface area (Å²) in [6, 6.07) is 11.2. The summed E-state index contributed by atoms with van der Waals surface area (Å²) < 4.78 is 10.6. The Labute approximate surface area is 144 Å². The summed E-state index contributed by atoms with van der Waals surface area (Å²) in [6.45, 7) is 0.526. The first-order chi connectivity index (χ1) is 12.0. The lowest BCUT2D eigenvalue weighted by Crippen LogP contribution is -2.28. The van der Waals surface area contributed by atoms with Crippen LogP contribution < -0.4 is 20.1 Å². The molecule has 0 aliphatic rings. The molecular formula is C17H19N3O5. The number of carbonyl (C=O) groups is 1. The molecule has 0 spiro atoms. The van der Waals surface area contributed by atoms with Gasteiger partial charge in [-0.1, -0.05) is 0 Å². The normalized spacial score (nSPS) is 10.0. The number of nitro groups is 1. The van der Waals surface area contributed by atoms with Crippen molar-refractivity contribution in [3.05, 3.63) is 58.1 Å². The molecule has 8 heteroatoms. The van der Waals surface area contributed by atoms with Gasteiger partial charge in [-0.2, -0.15) is 0 Å². The Morgan fingerprint density at radius 3 is 2.44 bits per heavy atom. The number of rotatable bonds is 8. The number of nitrogens with one attached hydrogen (secondary N) is 2. The van der Waals surface area contributed by atoms with E-state index in [-0.39, 0.29) is 24.4 Å². The number of methoxy groups -OCH3 is 1. The van der Waals surface area contributed by atoms with Crippen molar-refractivity contribution in [2.24, 2.45) is 0 Å². The second-order valence-corrected chi connectivity index (χ2v) is 5.02. The Morgan fingerprint density at radius 1 is 1.16 bits per heavy atom. The van der Waals surface area contributed by atoms with Crippen molar-refractivity contribution >= 4 is 17.3 Å². The zero-order valence-electron chi connectivity index (χ0n) is 13.9. The third kappa shape index (κ3) is 4.84. The van der Waals surface area contributed by atoms with Crippen molar-refractivity contribution in [1.82, 2.24) is 5.32 Å². The number of hydrogen-bond donors (Lipinski definition) is 2. The maximum Gasteiger partial charge on any atom is 0.270 e. The second-order valence-electron chi connectivity index (χ2n) is 5.02. The SMILES string of the molecule is CNc1ccc([N+](=O)[O-])cc1C(=O)NCCOc1ccc(OC)cc1. The van der Waals surface area contributed by atoms with E-state index in [4.69, 9.17) is 9.47 Å². The maximum atomic E-state index is 12.2. The molecule has 0 aliphatic carbocycles. The van der Waals surface area contributed by atoms with Crippen molar-refractivity contribution in [3.63, 3.8) is 0 Å². The second kappa shape index (κ2) is 8.53. The van der Waals surface area contributed by atoms with Gasteiger partial charge >= 0.3 is 0 Å². The molecule has 8 nitrogen and oxygen atoms in total. The zero-order valence-corrected chi connectivity index (χ0v) is 13.9. The molecule has 0 bridgehead atoms. The van der Waals surface area contributed by atoms with Crippen molar-refractivity contribution in [3.8, 4) is 11.5 Å². The third-order valence-corrected chi connectivity index (χ3v) is 3.44. The van der Waals surface area contributed by atoms with E-state index < -0.39 is 10.8 Å². The molecule has 2 aromatic carbocycles. The highest BCUT2D eigenvalue weighted by atomic mass is 16.6. The number of nitrogens with zero attached hydrogens (tertiary/aromatic N) is 1. The van der Waals surface area contributed by atoms with E-state index in [0.29, 0.717) is 11.4 Å². The lowest BCUT2D eigenvalue weighted by Gasteiger charge is -2.11. The summed E-state index contributed by atoms with van der Waals surface area (Å²) in [5, 5.41) is 16.4. The van der Waals surface area contributed by atoms with Gasteiger partial charge in [0.15, 0.2) is 0 Å². The monoisotopic (exact) mass is 345 g/mol. The number of hydrogen-bond acceptors (Lipinski definition) is 6. The van der Waals surface area contributed by atoms with Gasteiger partial charge in [0.2, 0.25) is 0 Å².